The molecule has 1 atom stereocenters. The second kappa shape index (κ2) is 5.15. The summed E-state index contributed by atoms with van der Waals surface area (Å²) in [5.74, 6) is -0.109. The second-order valence-electron chi connectivity index (χ2n) is 4.30. The van der Waals surface area contributed by atoms with Crippen LogP contribution in [0.15, 0.2) is 36.4 Å². The van der Waals surface area contributed by atoms with Gasteiger partial charge in [-0.25, -0.2) is 0 Å². The lowest BCUT2D eigenvalue weighted by molar-refractivity contribution is -0.117. The molecule has 0 saturated carbocycles. The molecule has 0 spiro atoms. The van der Waals surface area contributed by atoms with Crippen molar-refractivity contribution in [2.24, 2.45) is 0 Å². The number of rotatable bonds is 5. The highest BCUT2D eigenvalue weighted by molar-refractivity contribution is 5.92. The summed E-state index contributed by atoms with van der Waals surface area (Å²) >= 11 is 0. The minimum atomic E-state index is -0.109. The third-order valence-corrected chi connectivity index (χ3v) is 2.90. The average molecular weight is 231 g/mol. The van der Waals surface area contributed by atoms with E-state index >= 15 is 0 Å². The maximum atomic E-state index is 11.2. The summed E-state index contributed by atoms with van der Waals surface area (Å²) < 4.78 is 5.69. The molecule has 0 fully saturated rings. The van der Waals surface area contributed by atoms with Gasteiger partial charge in [0.15, 0.2) is 0 Å². The van der Waals surface area contributed by atoms with Crippen LogP contribution in [-0.2, 0) is 16.0 Å². The van der Waals surface area contributed by atoms with E-state index in [9.17, 15) is 4.79 Å². The Hall–Kier alpha value is -1.61. The molecule has 1 amide bonds. The SMILES string of the molecule is C=C(C)C(=O)NCCOC1Cc2ccccc21. The Labute approximate surface area is 101 Å². The van der Waals surface area contributed by atoms with E-state index in [0.717, 1.165) is 6.42 Å². The minimum Gasteiger partial charge on any atom is -0.371 e. The van der Waals surface area contributed by atoms with Crippen LogP contribution in [0.3, 0.4) is 0 Å². The first kappa shape index (κ1) is 11.9. The summed E-state index contributed by atoms with van der Waals surface area (Å²) in [6.45, 7) is 6.34. The molecule has 1 aliphatic carbocycles. The predicted octanol–water partition coefficient (Wildman–Crippen LogP) is 1.99. The molecule has 0 aliphatic heterocycles. The quantitative estimate of drug-likeness (QED) is 0.621. The minimum absolute atomic E-state index is 0.109. The Kier molecular flexibility index (Phi) is 3.59. The molecule has 1 aromatic carbocycles. The van der Waals surface area contributed by atoms with Crippen molar-refractivity contribution < 1.29 is 9.53 Å². The van der Waals surface area contributed by atoms with Crippen LogP contribution in [-0.4, -0.2) is 19.1 Å². The maximum absolute atomic E-state index is 11.2. The van der Waals surface area contributed by atoms with Crippen LogP contribution in [0.5, 0.6) is 0 Å². The van der Waals surface area contributed by atoms with Gasteiger partial charge in [-0.1, -0.05) is 30.8 Å². The summed E-state index contributed by atoms with van der Waals surface area (Å²) in [6, 6.07) is 8.29. The molecular weight excluding hydrogens is 214 g/mol. The maximum Gasteiger partial charge on any atom is 0.246 e. The van der Waals surface area contributed by atoms with Crippen molar-refractivity contribution in [3.63, 3.8) is 0 Å². The number of benzene rings is 1. The zero-order valence-electron chi connectivity index (χ0n) is 10.0. The van der Waals surface area contributed by atoms with Crippen molar-refractivity contribution >= 4 is 5.91 Å². The Balaban J connectivity index is 1.68. The molecule has 90 valence electrons. The van der Waals surface area contributed by atoms with Gasteiger partial charge in [-0.05, 0) is 18.1 Å². The van der Waals surface area contributed by atoms with Crippen LogP contribution in [0.1, 0.15) is 24.2 Å². The highest BCUT2D eigenvalue weighted by Crippen LogP contribution is 2.35. The molecule has 1 aromatic rings. The molecule has 17 heavy (non-hydrogen) atoms. The highest BCUT2D eigenvalue weighted by Gasteiger charge is 2.25. The number of nitrogens with one attached hydrogen (secondary N) is 1. The van der Waals surface area contributed by atoms with Crippen molar-refractivity contribution in [1.29, 1.82) is 0 Å². The van der Waals surface area contributed by atoms with Gasteiger partial charge in [-0.2, -0.15) is 0 Å². The molecule has 1 N–H and O–H groups in total. The van der Waals surface area contributed by atoms with Crippen molar-refractivity contribution in [3.05, 3.63) is 47.5 Å². The first-order valence-electron chi connectivity index (χ1n) is 5.81. The summed E-state index contributed by atoms with van der Waals surface area (Å²) in [6.07, 6.45) is 1.18. The molecule has 0 saturated heterocycles. The standard InChI is InChI=1S/C14H17NO2/c1-10(2)14(16)15-7-8-17-13-9-11-5-3-4-6-12(11)13/h3-6,13H,1,7-9H2,2H3,(H,15,16). The monoisotopic (exact) mass is 231 g/mol. The van der Waals surface area contributed by atoms with Crippen molar-refractivity contribution in [2.75, 3.05) is 13.2 Å². The lowest BCUT2D eigenvalue weighted by Crippen LogP contribution is -2.29. The number of hydrogen-bond acceptors (Lipinski definition) is 2. The number of carbonyl (C=O) groups is 1. The van der Waals surface area contributed by atoms with Gasteiger partial charge in [-0.3, -0.25) is 4.79 Å². The van der Waals surface area contributed by atoms with Crippen LogP contribution in [0.25, 0.3) is 0 Å². The predicted molar refractivity (Wildman–Crippen MR) is 66.7 cm³/mol. The summed E-state index contributed by atoms with van der Waals surface area (Å²) in [4.78, 5) is 11.2. The molecule has 0 radical (unpaired) electrons. The number of hydrogen-bond donors (Lipinski definition) is 1. The van der Waals surface area contributed by atoms with Gasteiger partial charge in [0, 0.05) is 18.5 Å². The van der Waals surface area contributed by atoms with E-state index in [1.807, 2.05) is 12.1 Å². The molecule has 1 aliphatic rings. The van der Waals surface area contributed by atoms with E-state index in [2.05, 4.69) is 24.0 Å². The van der Waals surface area contributed by atoms with Gasteiger partial charge in [0.05, 0.1) is 12.7 Å². The molecule has 3 heteroatoms. The zero-order valence-corrected chi connectivity index (χ0v) is 10.0. The first-order valence-corrected chi connectivity index (χ1v) is 5.81. The Morgan fingerprint density at radius 2 is 2.29 bits per heavy atom. The van der Waals surface area contributed by atoms with Crippen LogP contribution in [0, 0.1) is 0 Å². The van der Waals surface area contributed by atoms with Gasteiger partial charge in [0.25, 0.3) is 0 Å². The second-order valence-corrected chi connectivity index (χ2v) is 4.30. The van der Waals surface area contributed by atoms with Crippen LogP contribution < -0.4 is 5.32 Å². The molecule has 1 unspecified atom stereocenters. The normalized spacial score (nSPS) is 16.9. The summed E-state index contributed by atoms with van der Waals surface area (Å²) in [5.41, 5.74) is 3.17. The fraction of sp³-hybridized carbons (Fsp3) is 0.357. The molecule has 0 bridgehead atoms. The topological polar surface area (TPSA) is 38.3 Å². The van der Waals surface area contributed by atoms with E-state index in [1.54, 1.807) is 6.92 Å². The molecule has 3 nitrogen and oxygen atoms in total. The van der Waals surface area contributed by atoms with Gasteiger partial charge in [0.2, 0.25) is 5.91 Å². The van der Waals surface area contributed by atoms with Crippen molar-refractivity contribution in [2.45, 2.75) is 19.4 Å². The Morgan fingerprint density at radius 1 is 1.53 bits per heavy atom. The van der Waals surface area contributed by atoms with Gasteiger partial charge < -0.3 is 10.1 Å². The highest BCUT2D eigenvalue weighted by atomic mass is 16.5. The van der Waals surface area contributed by atoms with E-state index in [4.69, 9.17) is 4.74 Å². The van der Waals surface area contributed by atoms with Gasteiger partial charge in [-0.15, -0.1) is 0 Å². The Bertz CT molecular complexity index is 440. The number of amides is 1. The van der Waals surface area contributed by atoms with Gasteiger partial charge in [0.1, 0.15) is 0 Å². The van der Waals surface area contributed by atoms with E-state index < -0.39 is 0 Å². The van der Waals surface area contributed by atoms with Gasteiger partial charge >= 0.3 is 0 Å². The fourth-order valence-electron chi connectivity index (χ4n) is 1.88. The molecule has 2 rings (SSSR count). The Morgan fingerprint density at radius 3 is 3.00 bits per heavy atom. The van der Waals surface area contributed by atoms with E-state index in [-0.39, 0.29) is 12.0 Å². The molecule has 0 aromatic heterocycles. The first-order chi connectivity index (χ1) is 8.18. The number of carbonyl (C=O) groups excluding carboxylic acids is 1. The van der Waals surface area contributed by atoms with Crippen LogP contribution >= 0.6 is 0 Å². The molecule has 0 heterocycles. The lowest BCUT2D eigenvalue weighted by Gasteiger charge is -2.29. The number of fused-ring (bicyclic) bond motifs is 1. The van der Waals surface area contributed by atoms with E-state index in [1.165, 1.54) is 11.1 Å². The van der Waals surface area contributed by atoms with Crippen molar-refractivity contribution in [3.8, 4) is 0 Å². The largest absolute Gasteiger partial charge is 0.371 e. The smallest absolute Gasteiger partial charge is 0.246 e. The third-order valence-electron chi connectivity index (χ3n) is 2.90. The fourth-order valence-corrected chi connectivity index (χ4v) is 1.88. The molecular formula is C14H17NO2. The summed E-state index contributed by atoms with van der Waals surface area (Å²) in [5, 5.41) is 2.75. The average Bonchev–Trinajstić information content (AvgIpc) is 2.29. The van der Waals surface area contributed by atoms with E-state index in [0.29, 0.717) is 18.7 Å². The lowest BCUT2D eigenvalue weighted by atomic mass is 9.85. The van der Waals surface area contributed by atoms with Crippen LogP contribution in [0.4, 0.5) is 0 Å². The third kappa shape index (κ3) is 2.74. The number of ether oxygens (including phenoxy) is 1. The van der Waals surface area contributed by atoms with Crippen LogP contribution in [0.2, 0.25) is 0 Å². The summed E-state index contributed by atoms with van der Waals surface area (Å²) in [7, 11) is 0. The van der Waals surface area contributed by atoms with Crippen molar-refractivity contribution in [1.82, 2.24) is 5.32 Å². The zero-order chi connectivity index (χ0) is 12.3.